The average Bonchev–Trinajstić information content (AvgIpc) is 3.30. The number of ether oxygens (including phenoxy) is 1. The highest BCUT2D eigenvalue weighted by molar-refractivity contribution is 7.14. The van der Waals surface area contributed by atoms with Crippen molar-refractivity contribution in [2.24, 2.45) is 0 Å². The Bertz CT molecular complexity index is 1090. The van der Waals surface area contributed by atoms with Crippen LogP contribution < -0.4 is 0 Å². The summed E-state index contributed by atoms with van der Waals surface area (Å²) in [5, 5.41) is 1.58. The molecule has 0 unspecified atom stereocenters. The highest BCUT2D eigenvalue weighted by atomic mass is 32.1. The molecule has 2 aromatic heterocycles. The van der Waals surface area contributed by atoms with Crippen LogP contribution in [-0.4, -0.2) is 23.3 Å². The van der Waals surface area contributed by atoms with Crippen molar-refractivity contribution in [1.29, 1.82) is 0 Å². The molecule has 0 aliphatic heterocycles. The number of furan rings is 1. The van der Waals surface area contributed by atoms with E-state index in [1.165, 1.54) is 11.3 Å². The third-order valence-electron chi connectivity index (χ3n) is 4.00. The van der Waals surface area contributed by atoms with Crippen molar-refractivity contribution < 1.29 is 18.7 Å². The van der Waals surface area contributed by atoms with Gasteiger partial charge in [0.2, 0.25) is 5.78 Å². The molecule has 6 heteroatoms. The standard InChI is InChI=1S/C21H15NO4S/c1-13-22-19(14-7-3-2-4-8-14)20(27-13)21(24)25-12-16(23)18-11-15-9-5-6-10-17(15)26-18/h2-11H,12H2,1H3. The third kappa shape index (κ3) is 3.52. The number of hydrogen-bond donors (Lipinski definition) is 0. The van der Waals surface area contributed by atoms with Gasteiger partial charge in [-0.15, -0.1) is 11.3 Å². The van der Waals surface area contributed by atoms with Gasteiger partial charge in [-0.2, -0.15) is 0 Å². The zero-order valence-electron chi connectivity index (χ0n) is 14.5. The van der Waals surface area contributed by atoms with Crippen LogP contribution in [0.25, 0.3) is 22.2 Å². The SMILES string of the molecule is Cc1nc(-c2ccccc2)c(C(=O)OCC(=O)c2cc3ccccc3o2)s1. The predicted octanol–water partition coefficient (Wildman–Crippen LogP) is 4.90. The summed E-state index contributed by atoms with van der Waals surface area (Å²) >= 11 is 1.25. The molecule has 0 fully saturated rings. The van der Waals surface area contributed by atoms with Gasteiger partial charge in [-0.05, 0) is 19.1 Å². The molecule has 0 aliphatic carbocycles. The van der Waals surface area contributed by atoms with Crippen molar-refractivity contribution >= 4 is 34.1 Å². The van der Waals surface area contributed by atoms with Crippen LogP contribution in [-0.2, 0) is 4.74 Å². The Kier molecular flexibility index (Phi) is 4.56. The summed E-state index contributed by atoms with van der Waals surface area (Å²) in [5.74, 6) is -0.779. The number of thiazole rings is 1. The van der Waals surface area contributed by atoms with Crippen molar-refractivity contribution in [1.82, 2.24) is 4.98 Å². The van der Waals surface area contributed by atoms with Gasteiger partial charge in [-0.3, -0.25) is 4.79 Å². The molecule has 0 bridgehead atoms. The van der Waals surface area contributed by atoms with Gasteiger partial charge in [0.15, 0.2) is 12.4 Å². The van der Waals surface area contributed by atoms with Crippen LogP contribution in [0.3, 0.4) is 0 Å². The normalized spacial score (nSPS) is 10.9. The molecule has 27 heavy (non-hydrogen) atoms. The minimum Gasteiger partial charge on any atom is -0.453 e. The molecule has 0 radical (unpaired) electrons. The highest BCUT2D eigenvalue weighted by Crippen LogP contribution is 2.28. The lowest BCUT2D eigenvalue weighted by molar-refractivity contribution is 0.0473. The summed E-state index contributed by atoms with van der Waals surface area (Å²) in [5.41, 5.74) is 2.02. The summed E-state index contributed by atoms with van der Waals surface area (Å²) in [6.07, 6.45) is 0. The number of Topliss-reactive ketones (excluding diaryl/α,β-unsaturated/α-hetero) is 1. The van der Waals surface area contributed by atoms with Gasteiger partial charge in [0.25, 0.3) is 0 Å². The zero-order valence-corrected chi connectivity index (χ0v) is 15.3. The number of para-hydroxylation sites is 1. The van der Waals surface area contributed by atoms with Crippen LogP contribution >= 0.6 is 11.3 Å². The van der Waals surface area contributed by atoms with E-state index in [1.807, 2.05) is 55.5 Å². The summed E-state index contributed by atoms with van der Waals surface area (Å²) in [4.78, 5) is 29.7. The fourth-order valence-electron chi connectivity index (χ4n) is 2.74. The number of hydrogen-bond acceptors (Lipinski definition) is 6. The molecular formula is C21H15NO4S. The lowest BCUT2D eigenvalue weighted by Gasteiger charge is -2.03. The van der Waals surface area contributed by atoms with Crippen molar-refractivity contribution in [3.05, 3.63) is 76.3 Å². The van der Waals surface area contributed by atoms with E-state index in [9.17, 15) is 9.59 Å². The number of aryl methyl sites for hydroxylation is 1. The molecule has 134 valence electrons. The van der Waals surface area contributed by atoms with Gasteiger partial charge in [-0.1, -0.05) is 48.5 Å². The largest absolute Gasteiger partial charge is 0.453 e. The van der Waals surface area contributed by atoms with Gasteiger partial charge < -0.3 is 9.15 Å². The molecular weight excluding hydrogens is 362 g/mol. The molecule has 2 heterocycles. The van der Waals surface area contributed by atoms with E-state index >= 15 is 0 Å². The minimum absolute atomic E-state index is 0.174. The Morgan fingerprint density at radius 3 is 2.59 bits per heavy atom. The van der Waals surface area contributed by atoms with Crippen LogP contribution in [0.1, 0.15) is 25.2 Å². The second-order valence-corrected chi connectivity index (χ2v) is 7.13. The molecule has 0 saturated carbocycles. The summed E-state index contributed by atoms with van der Waals surface area (Å²) < 4.78 is 10.8. The smallest absolute Gasteiger partial charge is 0.351 e. The second-order valence-electron chi connectivity index (χ2n) is 5.92. The molecule has 5 nitrogen and oxygen atoms in total. The zero-order chi connectivity index (χ0) is 18.8. The van der Waals surface area contributed by atoms with E-state index in [1.54, 1.807) is 12.1 Å². The molecule has 0 atom stereocenters. The van der Waals surface area contributed by atoms with E-state index in [0.29, 0.717) is 16.2 Å². The molecule has 0 aliphatic rings. The Labute approximate surface area is 159 Å². The van der Waals surface area contributed by atoms with Crippen LogP contribution in [0.5, 0.6) is 0 Å². The first kappa shape index (κ1) is 17.2. The molecule has 0 amide bonds. The number of carbonyl (C=O) groups excluding carboxylic acids is 2. The number of carbonyl (C=O) groups is 2. The highest BCUT2D eigenvalue weighted by Gasteiger charge is 2.21. The van der Waals surface area contributed by atoms with Crippen LogP contribution in [0.4, 0.5) is 0 Å². The summed E-state index contributed by atoms with van der Waals surface area (Å²) in [6, 6.07) is 18.4. The summed E-state index contributed by atoms with van der Waals surface area (Å²) in [6.45, 7) is 1.44. The maximum atomic E-state index is 12.5. The van der Waals surface area contributed by atoms with Crippen molar-refractivity contribution in [3.8, 4) is 11.3 Å². The Hall–Kier alpha value is -3.25. The van der Waals surface area contributed by atoms with Gasteiger partial charge in [0.1, 0.15) is 10.5 Å². The Morgan fingerprint density at radius 2 is 1.81 bits per heavy atom. The fourth-order valence-corrected chi connectivity index (χ4v) is 3.58. The van der Waals surface area contributed by atoms with E-state index in [0.717, 1.165) is 16.0 Å². The predicted molar refractivity (Wildman–Crippen MR) is 103 cm³/mol. The number of nitrogens with zero attached hydrogens (tertiary/aromatic N) is 1. The number of aromatic nitrogens is 1. The number of fused-ring (bicyclic) bond motifs is 1. The van der Waals surface area contributed by atoms with Gasteiger partial charge >= 0.3 is 5.97 Å². The minimum atomic E-state index is -0.566. The first-order chi connectivity index (χ1) is 13.1. The number of benzene rings is 2. The molecule has 4 aromatic rings. The second kappa shape index (κ2) is 7.17. The quantitative estimate of drug-likeness (QED) is 0.365. The lowest BCUT2D eigenvalue weighted by atomic mass is 10.1. The van der Waals surface area contributed by atoms with Crippen molar-refractivity contribution in [2.45, 2.75) is 6.92 Å². The molecule has 0 saturated heterocycles. The van der Waals surface area contributed by atoms with Crippen LogP contribution in [0, 0.1) is 6.92 Å². The van der Waals surface area contributed by atoms with Gasteiger partial charge in [-0.25, -0.2) is 9.78 Å². The molecule has 4 rings (SSSR count). The molecule has 2 aromatic carbocycles. The average molecular weight is 377 g/mol. The lowest BCUT2D eigenvalue weighted by Crippen LogP contribution is -2.13. The van der Waals surface area contributed by atoms with E-state index in [2.05, 4.69) is 4.98 Å². The van der Waals surface area contributed by atoms with Crippen molar-refractivity contribution in [2.75, 3.05) is 6.61 Å². The van der Waals surface area contributed by atoms with Crippen LogP contribution in [0.15, 0.2) is 65.1 Å². The monoisotopic (exact) mass is 377 g/mol. The summed E-state index contributed by atoms with van der Waals surface area (Å²) in [7, 11) is 0. The maximum Gasteiger partial charge on any atom is 0.351 e. The van der Waals surface area contributed by atoms with E-state index < -0.39 is 5.97 Å². The fraction of sp³-hybridized carbons (Fsp3) is 0.0952. The Balaban J connectivity index is 1.50. The number of ketones is 1. The first-order valence-electron chi connectivity index (χ1n) is 8.33. The van der Waals surface area contributed by atoms with Crippen LogP contribution in [0.2, 0.25) is 0 Å². The van der Waals surface area contributed by atoms with Gasteiger partial charge in [0, 0.05) is 10.9 Å². The Morgan fingerprint density at radius 1 is 1.07 bits per heavy atom. The topological polar surface area (TPSA) is 69.4 Å². The number of rotatable bonds is 5. The first-order valence-corrected chi connectivity index (χ1v) is 9.15. The maximum absolute atomic E-state index is 12.5. The van der Waals surface area contributed by atoms with E-state index in [4.69, 9.17) is 9.15 Å². The molecule has 0 N–H and O–H groups in total. The van der Waals surface area contributed by atoms with Gasteiger partial charge in [0.05, 0.1) is 10.7 Å². The number of esters is 1. The molecule has 0 spiro atoms. The van der Waals surface area contributed by atoms with Crippen molar-refractivity contribution in [3.63, 3.8) is 0 Å². The van der Waals surface area contributed by atoms with E-state index in [-0.39, 0.29) is 18.2 Å². The third-order valence-corrected chi connectivity index (χ3v) is 4.95.